The molecule has 0 amide bonds. The maximum absolute atomic E-state index is 9.69. The highest BCUT2D eigenvalue weighted by molar-refractivity contribution is 4.79. The third-order valence-corrected chi connectivity index (χ3v) is 3.60. The van der Waals surface area contributed by atoms with Crippen LogP contribution in [0.2, 0.25) is 0 Å². The van der Waals surface area contributed by atoms with E-state index in [1.165, 1.54) is 32.1 Å². The van der Waals surface area contributed by atoms with Gasteiger partial charge in [0.25, 0.3) is 0 Å². The summed E-state index contributed by atoms with van der Waals surface area (Å²) < 4.78 is 5.33. The molecule has 1 saturated heterocycles. The van der Waals surface area contributed by atoms with Gasteiger partial charge in [0.05, 0.1) is 6.10 Å². The van der Waals surface area contributed by atoms with Gasteiger partial charge in [0, 0.05) is 13.2 Å². The van der Waals surface area contributed by atoms with Crippen LogP contribution in [0.4, 0.5) is 0 Å². The summed E-state index contributed by atoms with van der Waals surface area (Å²) in [6.45, 7) is 1.88. The van der Waals surface area contributed by atoms with E-state index in [0.717, 1.165) is 25.6 Å². The van der Waals surface area contributed by atoms with Crippen LogP contribution in [0.3, 0.4) is 0 Å². The van der Waals surface area contributed by atoms with Gasteiger partial charge in [-0.05, 0) is 43.9 Å². The molecule has 1 saturated carbocycles. The summed E-state index contributed by atoms with van der Waals surface area (Å²) in [5.41, 5.74) is 0. The quantitative estimate of drug-likeness (QED) is 0.711. The van der Waals surface area contributed by atoms with E-state index in [1.54, 1.807) is 0 Å². The zero-order valence-corrected chi connectivity index (χ0v) is 8.24. The lowest BCUT2D eigenvalue weighted by Gasteiger charge is -2.25. The molecule has 1 aliphatic heterocycles. The molecule has 2 fully saturated rings. The van der Waals surface area contributed by atoms with Crippen LogP contribution in [-0.2, 0) is 4.74 Å². The van der Waals surface area contributed by atoms with Crippen molar-refractivity contribution in [1.82, 2.24) is 0 Å². The Labute approximate surface area is 80.3 Å². The number of hydrogen-bond acceptors (Lipinski definition) is 2. The van der Waals surface area contributed by atoms with Gasteiger partial charge in [-0.3, -0.25) is 0 Å². The molecule has 0 bridgehead atoms. The van der Waals surface area contributed by atoms with Crippen LogP contribution in [0.25, 0.3) is 0 Å². The molecule has 1 N–H and O–H groups in total. The molecular weight excluding hydrogens is 164 g/mol. The molecule has 13 heavy (non-hydrogen) atoms. The lowest BCUT2D eigenvalue weighted by molar-refractivity contribution is 0.0460. The Morgan fingerprint density at radius 2 is 1.85 bits per heavy atom. The number of rotatable bonds is 2. The molecule has 1 aliphatic carbocycles. The predicted molar refractivity (Wildman–Crippen MR) is 51.5 cm³/mol. The van der Waals surface area contributed by atoms with Crippen molar-refractivity contribution < 1.29 is 9.84 Å². The fraction of sp³-hybridized carbons (Fsp3) is 1.00. The van der Waals surface area contributed by atoms with Crippen molar-refractivity contribution in [3.05, 3.63) is 0 Å². The van der Waals surface area contributed by atoms with Crippen molar-refractivity contribution in [3.63, 3.8) is 0 Å². The van der Waals surface area contributed by atoms with Gasteiger partial charge < -0.3 is 9.84 Å². The minimum atomic E-state index is 0.00263. The smallest absolute Gasteiger partial charge is 0.0568 e. The van der Waals surface area contributed by atoms with E-state index in [2.05, 4.69) is 0 Å². The van der Waals surface area contributed by atoms with Crippen molar-refractivity contribution in [2.24, 2.45) is 11.8 Å². The molecule has 2 rings (SSSR count). The van der Waals surface area contributed by atoms with Crippen LogP contribution in [0.5, 0.6) is 0 Å². The zero-order valence-electron chi connectivity index (χ0n) is 8.24. The van der Waals surface area contributed by atoms with Gasteiger partial charge in [-0.2, -0.15) is 0 Å². The lowest BCUT2D eigenvalue weighted by atomic mass is 9.87. The Hall–Kier alpha value is -0.0800. The molecule has 0 radical (unpaired) electrons. The maximum atomic E-state index is 9.69. The van der Waals surface area contributed by atoms with E-state index >= 15 is 0 Å². The standard InChI is InChI=1S/C11H20O2/c12-11-3-1-2-10(11)8-9-4-6-13-7-5-9/h9-12H,1-8H2/t10-,11+/m0/s1. The summed E-state index contributed by atoms with van der Waals surface area (Å²) in [5.74, 6) is 1.43. The molecule has 0 aromatic carbocycles. The summed E-state index contributed by atoms with van der Waals surface area (Å²) in [5, 5.41) is 9.69. The number of ether oxygens (including phenoxy) is 1. The largest absolute Gasteiger partial charge is 0.393 e. The molecule has 0 aromatic rings. The molecule has 0 unspecified atom stereocenters. The normalized spacial score (nSPS) is 36.7. The van der Waals surface area contributed by atoms with Gasteiger partial charge in [-0.1, -0.05) is 6.42 Å². The second-order valence-corrected chi connectivity index (χ2v) is 4.55. The SMILES string of the molecule is O[C@@H]1CCC[C@H]1CC1CCOCC1. The number of aliphatic hydroxyl groups is 1. The maximum Gasteiger partial charge on any atom is 0.0568 e. The molecule has 0 spiro atoms. The second kappa shape index (κ2) is 4.43. The summed E-state index contributed by atoms with van der Waals surface area (Å²) in [6.07, 6.45) is 7.18. The molecule has 2 aliphatic rings. The van der Waals surface area contributed by atoms with E-state index in [0.29, 0.717) is 5.92 Å². The Bertz CT molecular complexity index is 152. The molecule has 0 aromatic heterocycles. The van der Waals surface area contributed by atoms with Crippen LogP contribution < -0.4 is 0 Å². The third-order valence-electron chi connectivity index (χ3n) is 3.60. The summed E-state index contributed by atoms with van der Waals surface area (Å²) in [6, 6.07) is 0. The van der Waals surface area contributed by atoms with Crippen molar-refractivity contribution in [1.29, 1.82) is 0 Å². The first kappa shape index (κ1) is 9.47. The monoisotopic (exact) mass is 184 g/mol. The van der Waals surface area contributed by atoms with Crippen LogP contribution >= 0.6 is 0 Å². The van der Waals surface area contributed by atoms with E-state index in [4.69, 9.17) is 4.74 Å². The van der Waals surface area contributed by atoms with Crippen molar-refractivity contribution in [3.8, 4) is 0 Å². The van der Waals surface area contributed by atoms with Crippen LogP contribution in [0, 0.1) is 11.8 Å². The van der Waals surface area contributed by atoms with Gasteiger partial charge in [0.1, 0.15) is 0 Å². The van der Waals surface area contributed by atoms with E-state index in [-0.39, 0.29) is 6.10 Å². The Balaban J connectivity index is 1.75. The summed E-state index contributed by atoms with van der Waals surface area (Å²) in [7, 11) is 0. The summed E-state index contributed by atoms with van der Waals surface area (Å²) in [4.78, 5) is 0. The molecule has 2 heteroatoms. The Kier molecular flexibility index (Phi) is 3.23. The average molecular weight is 184 g/mol. The third kappa shape index (κ3) is 2.44. The fourth-order valence-corrected chi connectivity index (χ4v) is 2.70. The van der Waals surface area contributed by atoms with Crippen LogP contribution in [0.1, 0.15) is 38.5 Å². The van der Waals surface area contributed by atoms with Crippen LogP contribution in [-0.4, -0.2) is 24.4 Å². The topological polar surface area (TPSA) is 29.5 Å². The zero-order chi connectivity index (χ0) is 9.10. The van der Waals surface area contributed by atoms with Crippen molar-refractivity contribution in [2.75, 3.05) is 13.2 Å². The molecule has 2 nitrogen and oxygen atoms in total. The molecular formula is C11H20O2. The highest BCUT2D eigenvalue weighted by atomic mass is 16.5. The summed E-state index contributed by atoms with van der Waals surface area (Å²) >= 11 is 0. The van der Waals surface area contributed by atoms with E-state index in [9.17, 15) is 5.11 Å². The average Bonchev–Trinajstić information content (AvgIpc) is 2.54. The first-order valence-corrected chi connectivity index (χ1v) is 5.62. The van der Waals surface area contributed by atoms with Gasteiger partial charge in [0.15, 0.2) is 0 Å². The van der Waals surface area contributed by atoms with Gasteiger partial charge in [-0.25, -0.2) is 0 Å². The lowest BCUT2D eigenvalue weighted by Crippen LogP contribution is -2.22. The van der Waals surface area contributed by atoms with Crippen molar-refractivity contribution >= 4 is 0 Å². The Morgan fingerprint density at radius 1 is 1.08 bits per heavy atom. The first-order chi connectivity index (χ1) is 6.36. The fourth-order valence-electron chi connectivity index (χ4n) is 2.70. The number of aliphatic hydroxyl groups excluding tert-OH is 1. The highest BCUT2D eigenvalue weighted by Gasteiger charge is 2.28. The van der Waals surface area contributed by atoms with Gasteiger partial charge in [-0.15, -0.1) is 0 Å². The first-order valence-electron chi connectivity index (χ1n) is 5.62. The minimum Gasteiger partial charge on any atom is -0.393 e. The van der Waals surface area contributed by atoms with E-state index < -0.39 is 0 Å². The Morgan fingerprint density at radius 3 is 2.46 bits per heavy atom. The van der Waals surface area contributed by atoms with Gasteiger partial charge >= 0.3 is 0 Å². The number of hydrogen-bond donors (Lipinski definition) is 1. The van der Waals surface area contributed by atoms with Crippen molar-refractivity contribution in [2.45, 2.75) is 44.6 Å². The highest BCUT2D eigenvalue weighted by Crippen LogP contribution is 2.33. The minimum absolute atomic E-state index is 0.00263. The van der Waals surface area contributed by atoms with Gasteiger partial charge in [0.2, 0.25) is 0 Å². The molecule has 2 atom stereocenters. The predicted octanol–water partition coefficient (Wildman–Crippen LogP) is 1.96. The molecule has 1 heterocycles. The molecule has 76 valence electrons. The second-order valence-electron chi connectivity index (χ2n) is 4.55. The van der Waals surface area contributed by atoms with E-state index in [1.807, 2.05) is 0 Å². The van der Waals surface area contributed by atoms with Crippen LogP contribution in [0.15, 0.2) is 0 Å².